The number of rotatable bonds is 0. The van der Waals surface area contributed by atoms with Gasteiger partial charge in [-0.25, -0.2) is 9.97 Å². The molecule has 1 N–H and O–H groups in total. The van der Waals surface area contributed by atoms with Crippen LogP contribution in [0.15, 0.2) is 6.33 Å². The van der Waals surface area contributed by atoms with Gasteiger partial charge in [0.25, 0.3) is 0 Å². The Morgan fingerprint density at radius 2 is 2.18 bits per heavy atom. The lowest BCUT2D eigenvalue weighted by molar-refractivity contribution is 1.07. The lowest BCUT2D eigenvalue weighted by atomic mass is 10.4. The van der Waals surface area contributed by atoms with Gasteiger partial charge in [-0.05, 0) is 6.92 Å². The Hall–Kier alpha value is -1.16. The number of H-pyrrole nitrogens is 1. The van der Waals surface area contributed by atoms with Crippen LogP contribution in [0.3, 0.4) is 0 Å². The number of hydrogen-bond donors (Lipinski definition) is 1. The van der Waals surface area contributed by atoms with Gasteiger partial charge >= 0.3 is 0 Å². The molecule has 0 aliphatic heterocycles. The number of aromatic nitrogens is 4. The van der Waals surface area contributed by atoms with Gasteiger partial charge < -0.3 is 0 Å². The minimum absolute atomic E-state index is 0.388. The summed E-state index contributed by atoms with van der Waals surface area (Å²) in [6.07, 6.45) is 1.42. The molecule has 0 spiro atoms. The molecule has 0 unspecified atom stereocenters. The van der Waals surface area contributed by atoms with E-state index in [2.05, 4.69) is 20.2 Å². The van der Waals surface area contributed by atoms with Crippen molar-refractivity contribution in [1.29, 1.82) is 0 Å². The zero-order chi connectivity index (χ0) is 7.84. The highest BCUT2D eigenvalue weighted by Crippen LogP contribution is 2.17. The van der Waals surface area contributed by atoms with E-state index in [0.29, 0.717) is 10.7 Å². The van der Waals surface area contributed by atoms with Crippen molar-refractivity contribution in [3.8, 4) is 0 Å². The fraction of sp³-hybridized carbons (Fsp3) is 0.167. The van der Waals surface area contributed by atoms with Crippen LogP contribution in [0.1, 0.15) is 5.69 Å². The van der Waals surface area contributed by atoms with Crippen LogP contribution < -0.4 is 0 Å². The smallest absolute Gasteiger partial charge is 0.160 e. The largest absolute Gasteiger partial charge is 0.280 e. The summed E-state index contributed by atoms with van der Waals surface area (Å²) in [6.45, 7) is 1.89. The Balaban J connectivity index is 2.94. The van der Waals surface area contributed by atoms with Crippen molar-refractivity contribution < 1.29 is 0 Å². The highest BCUT2D eigenvalue weighted by molar-refractivity contribution is 6.33. The SMILES string of the molecule is Cc1[nH]nc2c(Cl)ncnc12. The molecule has 0 amide bonds. The van der Waals surface area contributed by atoms with Crippen LogP contribution in [-0.4, -0.2) is 20.2 Å². The quantitative estimate of drug-likeness (QED) is 0.604. The second kappa shape index (κ2) is 2.17. The van der Waals surface area contributed by atoms with Gasteiger partial charge in [-0.3, -0.25) is 5.10 Å². The lowest BCUT2D eigenvalue weighted by Crippen LogP contribution is -1.80. The van der Waals surface area contributed by atoms with E-state index in [1.54, 1.807) is 0 Å². The number of nitrogens with one attached hydrogen (secondary N) is 1. The van der Waals surface area contributed by atoms with Crippen molar-refractivity contribution in [2.75, 3.05) is 0 Å². The molecule has 0 atom stereocenters. The Morgan fingerprint density at radius 1 is 1.36 bits per heavy atom. The predicted molar refractivity (Wildman–Crippen MR) is 41.4 cm³/mol. The molecule has 2 aromatic heterocycles. The summed E-state index contributed by atoms with van der Waals surface area (Å²) in [5, 5.41) is 7.10. The summed E-state index contributed by atoms with van der Waals surface area (Å²) in [7, 11) is 0. The first-order chi connectivity index (χ1) is 5.29. The topological polar surface area (TPSA) is 54.5 Å². The Morgan fingerprint density at radius 3 is 2.91 bits per heavy atom. The lowest BCUT2D eigenvalue weighted by Gasteiger charge is -1.88. The van der Waals surface area contributed by atoms with Gasteiger partial charge in [0.15, 0.2) is 5.15 Å². The van der Waals surface area contributed by atoms with E-state index in [1.165, 1.54) is 6.33 Å². The van der Waals surface area contributed by atoms with Gasteiger partial charge in [0.2, 0.25) is 0 Å². The zero-order valence-corrected chi connectivity index (χ0v) is 6.55. The number of halogens is 1. The molecule has 0 saturated heterocycles. The summed E-state index contributed by atoms with van der Waals surface area (Å²) in [5.74, 6) is 0. The van der Waals surface area contributed by atoms with Crippen LogP contribution in [-0.2, 0) is 0 Å². The average molecular weight is 169 g/mol. The Bertz CT molecular complexity index is 394. The summed E-state index contributed by atoms with van der Waals surface area (Å²) < 4.78 is 0. The summed E-state index contributed by atoms with van der Waals surface area (Å²) >= 11 is 5.74. The van der Waals surface area contributed by atoms with E-state index >= 15 is 0 Å². The molecule has 2 aromatic rings. The molecule has 4 nitrogen and oxygen atoms in total. The van der Waals surface area contributed by atoms with Crippen LogP contribution in [0, 0.1) is 6.92 Å². The Labute approximate surface area is 67.6 Å². The molecule has 11 heavy (non-hydrogen) atoms. The molecule has 2 rings (SSSR count). The Kier molecular flexibility index (Phi) is 1.29. The highest BCUT2D eigenvalue weighted by Gasteiger charge is 2.05. The molecule has 56 valence electrons. The van der Waals surface area contributed by atoms with E-state index in [9.17, 15) is 0 Å². The van der Waals surface area contributed by atoms with Crippen molar-refractivity contribution >= 4 is 22.6 Å². The van der Waals surface area contributed by atoms with E-state index < -0.39 is 0 Å². The molecular formula is C6H5ClN4. The van der Waals surface area contributed by atoms with Gasteiger partial charge in [-0.2, -0.15) is 5.10 Å². The van der Waals surface area contributed by atoms with Crippen molar-refractivity contribution in [2.24, 2.45) is 0 Å². The molecule has 0 fully saturated rings. The minimum Gasteiger partial charge on any atom is -0.280 e. The highest BCUT2D eigenvalue weighted by atomic mass is 35.5. The van der Waals surface area contributed by atoms with Gasteiger partial charge in [0, 0.05) is 0 Å². The van der Waals surface area contributed by atoms with E-state index in [-0.39, 0.29) is 0 Å². The van der Waals surface area contributed by atoms with Gasteiger partial charge in [0.05, 0.1) is 5.69 Å². The fourth-order valence-electron chi connectivity index (χ4n) is 0.923. The summed E-state index contributed by atoms with van der Waals surface area (Å²) in [4.78, 5) is 7.80. The molecule has 0 aliphatic carbocycles. The second-order valence-corrected chi connectivity index (χ2v) is 2.57. The fourth-order valence-corrected chi connectivity index (χ4v) is 1.10. The normalized spacial score (nSPS) is 10.7. The zero-order valence-electron chi connectivity index (χ0n) is 5.80. The van der Waals surface area contributed by atoms with Crippen molar-refractivity contribution in [3.63, 3.8) is 0 Å². The number of nitrogens with zero attached hydrogens (tertiary/aromatic N) is 3. The third-order valence-corrected chi connectivity index (χ3v) is 1.74. The molecule has 0 aliphatic rings. The molecule has 0 bridgehead atoms. The van der Waals surface area contributed by atoms with Crippen LogP contribution in [0.2, 0.25) is 5.15 Å². The van der Waals surface area contributed by atoms with E-state index in [1.807, 2.05) is 6.92 Å². The first-order valence-corrected chi connectivity index (χ1v) is 3.48. The van der Waals surface area contributed by atoms with E-state index in [4.69, 9.17) is 11.6 Å². The number of aryl methyl sites for hydroxylation is 1. The third kappa shape index (κ3) is 0.867. The monoisotopic (exact) mass is 168 g/mol. The van der Waals surface area contributed by atoms with Crippen molar-refractivity contribution in [3.05, 3.63) is 17.2 Å². The predicted octanol–water partition coefficient (Wildman–Crippen LogP) is 1.31. The molecular weight excluding hydrogens is 164 g/mol. The first kappa shape index (κ1) is 6.54. The molecule has 0 aromatic carbocycles. The molecule has 0 radical (unpaired) electrons. The molecule has 0 saturated carbocycles. The summed E-state index contributed by atoms with van der Waals surface area (Å²) in [5.41, 5.74) is 2.32. The first-order valence-electron chi connectivity index (χ1n) is 3.10. The second-order valence-electron chi connectivity index (χ2n) is 2.21. The van der Waals surface area contributed by atoms with Gasteiger partial charge in [0.1, 0.15) is 17.4 Å². The molecule has 2 heterocycles. The average Bonchev–Trinajstić information content (AvgIpc) is 2.35. The summed E-state index contributed by atoms with van der Waals surface area (Å²) in [6, 6.07) is 0. The number of hydrogen-bond acceptors (Lipinski definition) is 3. The minimum atomic E-state index is 0.388. The maximum Gasteiger partial charge on any atom is 0.160 e. The number of aromatic amines is 1. The van der Waals surface area contributed by atoms with Crippen LogP contribution >= 0.6 is 11.6 Å². The standard InChI is InChI=1S/C6H5ClN4/c1-3-4-5(11-10-3)6(7)9-2-8-4/h2H,1H3,(H,10,11). The van der Waals surface area contributed by atoms with Gasteiger partial charge in [-0.15, -0.1) is 0 Å². The van der Waals surface area contributed by atoms with Crippen molar-refractivity contribution in [2.45, 2.75) is 6.92 Å². The maximum absolute atomic E-state index is 5.74. The maximum atomic E-state index is 5.74. The van der Waals surface area contributed by atoms with E-state index in [0.717, 1.165) is 11.2 Å². The third-order valence-electron chi connectivity index (χ3n) is 1.47. The van der Waals surface area contributed by atoms with Crippen molar-refractivity contribution in [1.82, 2.24) is 20.2 Å². The van der Waals surface area contributed by atoms with Crippen LogP contribution in [0.4, 0.5) is 0 Å². The number of fused-ring (bicyclic) bond motifs is 1. The molecule has 5 heteroatoms. The van der Waals surface area contributed by atoms with Crippen LogP contribution in [0.5, 0.6) is 0 Å². The van der Waals surface area contributed by atoms with Crippen LogP contribution in [0.25, 0.3) is 11.0 Å². The van der Waals surface area contributed by atoms with Gasteiger partial charge in [-0.1, -0.05) is 11.6 Å².